The molecular formula is C9H18N4OS. The minimum atomic E-state index is 0.776. The maximum absolute atomic E-state index is 4.93. The molecule has 1 aromatic rings. The zero-order valence-electron chi connectivity index (χ0n) is 9.03. The number of nitrogens with zero attached hydrogens (tertiary/aromatic N) is 2. The van der Waals surface area contributed by atoms with Crippen LogP contribution in [0.2, 0.25) is 0 Å². The van der Waals surface area contributed by atoms with Crippen LogP contribution in [0.3, 0.4) is 0 Å². The van der Waals surface area contributed by atoms with E-state index in [2.05, 4.69) is 19.4 Å². The topological polar surface area (TPSA) is 59.1 Å². The fraction of sp³-hybridized carbons (Fsp3) is 0.778. The van der Waals surface area contributed by atoms with E-state index in [0.29, 0.717) is 0 Å². The van der Waals surface area contributed by atoms with Gasteiger partial charge in [-0.25, -0.2) is 0 Å². The van der Waals surface area contributed by atoms with Gasteiger partial charge in [0.15, 0.2) is 0 Å². The summed E-state index contributed by atoms with van der Waals surface area (Å²) < 4.78 is 13.0. The zero-order chi connectivity index (χ0) is 10.8. The molecule has 0 amide bonds. The number of hydrogen-bond donors (Lipinski definition) is 2. The van der Waals surface area contributed by atoms with Crippen molar-refractivity contribution in [3.8, 4) is 0 Å². The van der Waals surface area contributed by atoms with Gasteiger partial charge < -0.3 is 15.4 Å². The molecule has 1 rings (SSSR count). The summed E-state index contributed by atoms with van der Waals surface area (Å²) in [6, 6.07) is 0. The molecule has 0 fully saturated rings. The Morgan fingerprint density at radius 2 is 2.20 bits per heavy atom. The van der Waals surface area contributed by atoms with Crippen LogP contribution in [0.4, 0.5) is 0 Å². The Hall–Kier alpha value is -0.560. The van der Waals surface area contributed by atoms with E-state index in [1.165, 1.54) is 11.7 Å². The zero-order valence-corrected chi connectivity index (χ0v) is 9.85. The molecule has 1 heterocycles. The van der Waals surface area contributed by atoms with Crippen molar-refractivity contribution in [3.63, 3.8) is 0 Å². The van der Waals surface area contributed by atoms with Gasteiger partial charge in [0.2, 0.25) is 0 Å². The summed E-state index contributed by atoms with van der Waals surface area (Å²) in [6.07, 6.45) is 2.91. The Morgan fingerprint density at radius 1 is 1.33 bits per heavy atom. The Bertz CT molecular complexity index is 230. The third kappa shape index (κ3) is 6.51. The molecule has 0 aliphatic rings. The number of nitrogens with one attached hydrogen (secondary N) is 2. The average Bonchev–Trinajstić information content (AvgIpc) is 2.75. The maximum atomic E-state index is 4.93. The van der Waals surface area contributed by atoms with Gasteiger partial charge in [0.05, 0.1) is 30.2 Å². The molecule has 0 saturated carbocycles. The van der Waals surface area contributed by atoms with E-state index in [1.807, 2.05) is 0 Å². The number of hydrogen-bond acceptors (Lipinski definition) is 6. The molecule has 86 valence electrons. The van der Waals surface area contributed by atoms with Crippen molar-refractivity contribution in [1.82, 2.24) is 19.4 Å². The summed E-state index contributed by atoms with van der Waals surface area (Å²) in [4.78, 5) is 0. The molecule has 0 bridgehead atoms. The van der Waals surface area contributed by atoms with Crippen LogP contribution in [0.15, 0.2) is 6.20 Å². The normalized spacial score (nSPS) is 10.7. The lowest BCUT2D eigenvalue weighted by molar-refractivity contribution is 0.199. The van der Waals surface area contributed by atoms with Crippen LogP contribution in [-0.2, 0) is 11.3 Å². The third-order valence-corrected chi connectivity index (χ3v) is 2.42. The highest BCUT2D eigenvalue weighted by Gasteiger charge is 1.94. The van der Waals surface area contributed by atoms with Crippen molar-refractivity contribution in [2.24, 2.45) is 0 Å². The highest BCUT2D eigenvalue weighted by Crippen LogP contribution is 1.93. The fourth-order valence-electron chi connectivity index (χ4n) is 1.12. The first-order chi connectivity index (χ1) is 7.43. The third-order valence-electron chi connectivity index (χ3n) is 1.90. The Morgan fingerprint density at radius 3 is 2.93 bits per heavy atom. The van der Waals surface area contributed by atoms with E-state index in [-0.39, 0.29) is 0 Å². The first-order valence-corrected chi connectivity index (χ1v) is 5.83. The predicted octanol–water partition coefficient (Wildman–Crippen LogP) is 0.254. The van der Waals surface area contributed by atoms with E-state index in [4.69, 9.17) is 4.74 Å². The van der Waals surface area contributed by atoms with Crippen molar-refractivity contribution < 1.29 is 4.74 Å². The SMILES string of the molecule is COCCNCCCNCc1cnsn1. The quantitative estimate of drug-likeness (QED) is 0.596. The minimum Gasteiger partial charge on any atom is -0.383 e. The van der Waals surface area contributed by atoms with E-state index < -0.39 is 0 Å². The van der Waals surface area contributed by atoms with Gasteiger partial charge in [0.25, 0.3) is 0 Å². The number of methoxy groups -OCH3 is 1. The van der Waals surface area contributed by atoms with E-state index in [0.717, 1.165) is 44.9 Å². The Kier molecular flexibility index (Phi) is 7.28. The predicted molar refractivity (Wildman–Crippen MR) is 61.0 cm³/mol. The van der Waals surface area contributed by atoms with Gasteiger partial charge in [-0.15, -0.1) is 0 Å². The summed E-state index contributed by atoms with van der Waals surface area (Å²) in [5.74, 6) is 0. The second-order valence-corrected chi connectivity index (χ2v) is 3.73. The summed E-state index contributed by atoms with van der Waals surface area (Å²) >= 11 is 1.25. The van der Waals surface area contributed by atoms with E-state index in [1.54, 1.807) is 13.3 Å². The number of aromatic nitrogens is 2. The standard InChI is InChI=1S/C9H18N4OS/c1-14-6-5-10-3-2-4-11-7-9-8-12-15-13-9/h8,10-11H,2-7H2,1H3. The molecule has 2 N–H and O–H groups in total. The summed E-state index contributed by atoms with van der Waals surface area (Å²) in [5.41, 5.74) is 1.02. The lowest BCUT2D eigenvalue weighted by atomic mass is 10.4. The van der Waals surface area contributed by atoms with Gasteiger partial charge in [0, 0.05) is 20.2 Å². The Balaban J connectivity index is 1.81. The molecule has 1 aromatic heterocycles. The van der Waals surface area contributed by atoms with Gasteiger partial charge in [-0.05, 0) is 19.5 Å². The largest absolute Gasteiger partial charge is 0.383 e. The van der Waals surface area contributed by atoms with Crippen LogP contribution in [-0.4, -0.2) is 42.1 Å². The molecule has 0 radical (unpaired) electrons. The van der Waals surface area contributed by atoms with E-state index in [9.17, 15) is 0 Å². The average molecular weight is 230 g/mol. The van der Waals surface area contributed by atoms with Crippen molar-refractivity contribution in [3.05, 3.63) is 11.9 Å². The molecule has 0 aromatic carbocycles. The van der Waals surface area contributed by atoms with E-state index >= 15 is 0 Å². The van der Waals surface area contributed by atoms with Crippen LogP contribution in [0, 0.1) is 0 Å². The van der Waals surface area contributed by atoms with Crippen molar-refractivity contribution in [2.75, 3.05) is 33.4 Å². The van der Waals surface area contributed by atoms with Crippen molar-refractivity contribution in [1.29, 1.82) is 0 Å². The molecule has 15 heavy (non-hydrogen) atoms. The van der Waals surface area contributed by atoms with Crippen LogP contribution < -0.4 is 10.6 Å². The molecular weight excluding hydrogens is 212 g/mol. The fourth-order valence-corrected chi connectivity index (χ4v) is 1.55. The molecule has 0 atom stereocenters. The lowest BCUT2D eigenvalue weighted by Gasteiger charge is -2.04. The van der Waals surface area contributed by atoms with Gasteiger partial charge in [0.1, 0.15) is 0 Å². The van der Waals surface area contributed by atoms with Crippen LogP contribution >= 0.6 is 11.7 Å². The molecule has 6 heteroatoms. The molecule has 0 aliphatic heterocycles. The maximum Gasteiger partial charge on any atom is 0.0880 e. The second kappa shape index (κ2) is 8.72. The molecule has 0 saturated heterocycles. The first kappa shape index (κ1) is 12.5. The van der Waals surface area contributed by atoms with Crippen LogP contribution in [0.5, 0.6) is 0 Å². The smallest absolute Gasteiger partial charge is 0.0880 e. The summed E-state index contributed by atoms with van der Waals surface area (Å²) in [5, 5.41) is 6.60. The van der Waals surface area contributed by atoms with Crippen LogP contribution in [0.1, 0.15) is 12.1 Å². The van der Waals surface area contributed by atoms with Gasteiger partial charge >= 0.3 is 0 Å². The number of ether oxygens (including phenoxy) is 1. The van der Waals surface area contributed by atoms with Gasteiger partial charge in [-0.1, -0.05) is 0 Å². The highest BCUT2D eigenvalue weighted by atomic mass is 32.1. The summed E-state index contributed by atoms with van der Waals surface area (Å²) in [7, 11) is 1.71. The van der Waals surface area contributed by atoms with Gasteiger partial charge in [-0.3, -0.25) is 0 Å². The molecule has 0 unspecified atom stereocenters. The lowest BCUT2D eigenvalue weighted by Crippen LogP contribution is -2.24. The Labute approximate surface area is 94.6 Å². The monoisotopic (exact) mass is 230 g/mol. The van der Waals surface area contributed by atoms with Crippen molar-refractivity contribution >= 4 is 11.7 Å². The van der Waals surface area contributed by atoms with Crippen LogP contribution in [0.25, 0.3) is 0 Å². The highest BCUT2D eigenvalue weighted by molar-refractivity contribution is 6.99. The molecule has 0 spiro atoms. The number of rotatable bonds is 9. The molecule has 0 aliphatic carbocycles. The first-order valence-electron chi connectivity index (χ1n) is 5.10. The van der Waals surface area contributed by atoms with Gasteiger partial charge in [-0.2, -0.15) is 8.75 Å². The molecule has 5 nitrogen and oxygen atoms in total. The van der Waals surface area contributed by atoms with Crippen molar-refractivity contribution in [2.45, 2.75) is 13.0 Å². The summed E-state index contributed by atoms with van der Waals surface area (Å²) in [6.45, 7) is 4.53. The second-order valence-electron chi connectivity index (χ2n) is 3.17. The minimum absolute atomic E-state index is 0.776.